The molecule has 1 N–H and O–H groups in total. The lowest BCUT2D eigenvalue weighted by Gasteiger charge is -2.51. The highest BCUT2D eigenvalue weighted by molar-refractivity contribution is 4.96. The summed E-state index contributed by atoms with van der Waals surface area (Å²) in [7, 11) is 0. The lowest BCUT2D eigenvalue weighted by Crippen LogP contribution is -2.63. The van der Waals surface area contributed by atoms with Crippen LogP contribution >= 0.6 is 0 Å². The molecule has 2 nitrogen and oxygen atoms in total. The summed E-state index contributed by atoms with van der Waals surface area (Å²) >= 11 is 0. The predicted molar refractivity (Wildman–Crippen MR) is 74.4 cm³/mol. The Hall–Kier alpha value is -0.0800. The Morgan fingerprint density at radius 2 is 1.94 bits per heavy atom. The van der Waals surface area contributed by atoms with Crippen LogP contribution in [0.5, 0.6) is 0 Å². The average molecular weight is 238 g/mol. The normalized spacial score (nSPS) is 34.8. The number of rotatable bonds is 3. The maximum Gasteiger partial charge on any atom is 0.0198 e. The Balaban J connectivity index is 2.00. The number of nitrogens with zero attached hydrogens (tertiary/aromatic N) is 1. The Morgan fingerprint density at radius 1 is 1.24 bits per heavy atom. The van der Waals surface area contributed by atoms with Gasteiger partial charge in [0.1, 0.15) is 0 Å². The number of nitrogens with one attached hydrogen (secondary N) is 1. The van der Waals surface area contributed by atoms with Gasteiger partial charge in [0.2, 0.25) is 0 Å². The zero-order valence-corrected chi connectivity index (χ0v) is 12.0. The first-order chi connectivity index (χ1) is 8.15. The van der Waals surface area contributed by atoms with E-state index in [2.05, 4.69) is 31.0 Å². The average Bonchev–Trinajstić information content (AvgIpc) is 2.33. The molecule has 17 heavy (non-hydrogen) atoms. The van der Waals surface area contributed by atoms with Crippen LogP contribution in [0.3, 0.4) is 0 Å². The minimum absolute atomic E-state index is 0.492. The molecule has 2 rings (SSSR count). The molecule has 0 aromatic rings. The predicted octanol–water partition coefficient (Wildman–Crippen LogP) is 3.17. The van der Waals surface area contributed by atoms with Crippen molar-refractivity contribution in [1.29, 1.82) is 0 Å². The SMILES string of the molecule is CCCC1CN(C2(C)CCCCC2)C(C)CN1. The molecule has 0 aromatic heterocycles. The van der Waals surface area contributed by atoms with E-state index in [1.165, 1.54) is 58.0 Å². The molecule has 1 aliphatic carbocycles. The molecular weight excluding hydrogens is 208 g/mol. The molecule has 1 aliphatic heterocycles. The molecule has 1 saturated carbocycles. The largest absolute Gasteiger partial charge is 0.311 e. The zero-order chi connectivity index (χ0) is 12.3. The van der Waals surface area contributed by atoms with Crippen LogP contribution in [0.4, 0.5) is 0 Å². The fraction of sp³-hybridized carbons (Fsp3) is 1.00. The van der Waals surface area contributed by atoms with Crippen molar-refractivity contribution in [2.75, 3.05) is 13.1 Å². The lowest BCUT2D eigenvalue weighted by molar-refractivity contribution is 0.00220. The standard InChI is InChI=1S/C15H30N2/c1-4-8-14-12-17(13(2)11-16-14)15(3)9-6-5-7-10-15/h13-14,16H,4-12H2,1-3H3. The minimum Gasteiger partial charge on any atom is -0.311 e. The second kappa shape index (κ2) is 5.71. The highest BCUT2D eigenvalue weighted by Gasteiger charge is 2.38. The molecule has 1 saturated heterocycles. The van der Waals surface area contributed by atoms with Gasteiger partial charge >= 0.3 is 0 Å². The second-order valence-corrected chi connectivity index (χ2v) is 6.45. The van der Waals surface area contributed by atoms with Crippen LogP contribution in [-0.4, -0.2) is 35.6 Å². The fourth-order valence-corrected chi connectivity index (χ4v) is 3.82. The Bertz CT molecular complexity index is 233. The van der Waals surface area contributed by atoms with Gasteiger partial charge in [-0.2, -0.15) is 0 Å². The monoisotopic (exact) mass is 238 g/mol. The molecule has 2 unspecified atom stereocenters. The summed E-state index contributed by atoms with van der Waals surface area (Å²) in [5.41, 5.74) is 0.492. The van der Waals surface area contributed by atoms with E-state index in [0.717, 1.165) is 6.04 Å². The molecule has 0 radical (unpaired) electrons. The van der Waals surface area contributed by atoms with E-state index >= 15 is 0 Å². The van der Waals surface area contributed by atoms with Crippen LogP contribution in [0.25, 0.3) is 0 Å². The van der Waals surface area contributed by atoms with Crippen LogP contribution in [0.2, 0.25) is 0 Å². The third kappa shape index (κ3) is 3.03. The third-order valence-corrected chi connectivity index (χ3v) is 4.91. The van der Waals surface area contributed by atoms with Gasteiger partial charge in [0.25, 0.3) is 0 Å². The Morgan fingerprint density at radius 3 is 2.59 bits per heavy atom. The second-order valence-electron chi connectivity index (χ2n) is 6.45. The number of piperazine rings is 1. The van der Waals surface area contributed by atoms with Crippen molar-refractivity contribution in [3.63, 3.8) is 0 Å². The van der Waals surface area contributed by atoms with E-state index < -0.39 is 0 Å². The van der Waals surface area contributed by atoms with Gasteiger partial charge in [-0.25, -0.2) is 0 Å². The van der Waals surface area contributed by atoms with Crippen molar-refractivity contribution >= 4 is 0 Å². The number of hydrogen-bond acceptors (Lipinski definition) is 2. The number of hydrogen-bond donors (Lipinski definition) is 1. The molecule has 0 aromatic carbocycles. The van der Waals surface area contributed by atoms with Crippen LogP contribution in [0, 0.1) is 0 Å². The maximum atomic E-state index is 3.71. The summed E-state index contributed by atoms with van der Waals surface area (Å²) in [6.45, 7) is 9.66. The van der Waals surface area contributed by atoms with Crippen molar-refractivity contribution in [1.82, 2.24) is 10.2 Å². The first-order valence-corrected chi connectivity index (χ1v) is 7.66. The van der Waals surface area contributed by atoms with Crippen LogP contribution in [-0.2, 0) is 0 Å². The van der Waals surface area contributed by atoms with Gasteiger partial charge in [0.05, 0.1) is 0 Å². The molecule has 2 atom stereocenters. The molecule has 0 spiro atoms. The van der Waals surface area contributed by atoms with Crippen molar-refractivity contribution in [3.05, 3.63) is 0 Å². The zero-order valence-electron chi connectivity index (χ0n) is 12.0. The molecule has 0 bridgehead atoms. The third-order valence-electron chi connectivity index (χ3n) is 4.91. The van der Waals surface area contributed by atoms with Gasteiger partial charge in [-0.15, -0.1) is 0 Å². The highest BCUT2D eigenvalue weighted by Crippen LogP contribution is 2.35. The molecule has 2 heteroatoms. The van der Waals surface area contributed by atoms with Gasteiger partial charge in [0.15, 0.2) is 0 Å². The summed E-state index contributed by atoms with van der Waals surface area (Å²) in [5.74, 6) is 0. The van der Waals surface area contributed by atoms with Crippen LogP contribution in [0.15, 0.2) is 0 Å². The molecular formula is C15H30N2. The Kier molecular flexibility index (Phi) is 4.48. The van der Waals surface area contributed by atoms with Gasteiger partial charge in [0, 0.05) is 30.7 Å². The smallest absolute Gasteiger partial charge is 0.0198 e. The van der Waals surface area contributed by atoms with E-state index in [0.29, 0.717) is 11.6 Å². The molecule has 0 amide bonds. The summed E-state index contributed by atoms with van der Waals surface area (Å²) in [6.07, 6.45) is 9.79. The minimum atomic E-state index is 0.492. The van der Waals surface area contributed by atoms with Crippen molar-refractivity contribution in [2.45, 2.75) is 83.3 Å². The van der Waals surface area contributed by atoms with E-state index in [4.69, 9.17) is 0 Å². The summed E-state index contributed by atoms with van der Waals surface area (Å²) in [6, 6.07) is 1.45. The summed E-state index contributed by atoms with van der Waals surface area (Å²) < 4.78 is 0. The Labute approximate surface area is 107 Å². The quantitative estimate of drug-likeness (QED) is 0.812. The molecule has 100 valence electrons. The maximum absolute atomic E-state index is 3.71. The molecule has 2 fully saturated rings. The summed E-state index contributed by atoms with van der Waals surface area (Å²) in [5, 5.41) is 3.71. The van der Waals surface area contributed by atoms with Crippen LogP contribution in [0.1, 0.15) is 65.7 Å². The van der Waals surface area contributed by atoms with Gasteiger partial charge in [-0.05, 0) is 33.1 Å². The van der Waals surface area contributed by atoms with Crippen molar-refractivity contribution in [2.24, 2.45) is 0 Å². The molecule has 2 aliphatic rings. The first kappa shape index (κ1) is 13.4. The van der Waals surface area contributed by atoms with E-state index in [1.54, 1.807) is 0 Å². The topological polar surface area (TPSA) is 15.3 Å². The van der Waals surface area contributed by atoms with Gasteiger partial charge in [-0.1, -0.05) is 32.6 Å². The van der Waals surface area contributed by atoms with E-state index in [-0.39, 0.29) is 0 Å². The summed E-state index contributed by atoms with van der Waals surface area (Å²) in [4.78, 5) is 2.82. The molecule has 1 heterocycles. The van der Waals surface area contributed by atoms with Crippen molar-refractivity contribution in [3.8, 4) is 0 Å². The van der Waals surface area contributed by atoms with Crippen molar-refractivity contribution < 1.29 is 0 Å². The van der Waals surface area contributed by atoms with Gasteiger partial charge < -0.3 is 5.32 Å². The fourth-order valence-electron chi connectivity index (χ4n) is 3.82. The van der Waals surface area contributed by atoms with Crippen LogP contribution < -0.4 is 5.32 Å². The highest BCUT2D eigenvalue weighted by atomic mass is 15.3. The van der Waals surface area contributed by atoms with Gasteiger partial charge in [-0.3, -0.25) is 4.90 Å². The van der Waals surface area contributed by atoms with E-state index in [9.17, 15) is 0 Å². The van der Waals surface area contributed by atoms with E-state index in [1.807, 2.05) is 0 Å². The lowest BCUT2D eigenvalue weighted by atomic mass is 9.80. The first-order valence-electron chi connectivity index (χ1n) is 7.66.